The Bertz CT molecular complexity index is 333. The third kappa shape index (κ3) is 2.62. The Morgan fingerprint density at radius 1 is 0.789 bits per heavy atom. The molecule has 0 aromatic rings. The normalized spacial score (nSPS) is 57.2. The van der Waals surface area contributed by atoms with E-state index in [1.54, 1.807) is 0 Å². The van der Waals surface area contributed by atoms with E-state index in [-0.39, 0.29) is 0 Å². The molecule has 2 saturated heterocycles. The third-order valence-electron chi connectivity index (χ3n) is 5.48. The Morgan fingerprint density at radius 2 is 1.26 bits per heavy atom. The van der Waals surface area contributed by atoms with Gasteiger partial charge >= 0.3 is 128 Å². The summed E-state index contributed by atoms with van der Waals surface area (Å²) in [6, 6.07) is 1.70. The Kier molecular flexibility index (Phi) is 3.88. The molecule has 1 unspecified atom stereocenters. The second kappa shape index (κ2) is 5.25. The first-order chi connectivity index (χ1) is 9.13. The molecule has 2 aliphatic carbocycles. The van der Waals surface area contributed by atoms with Crippen LogP contribution in [0.1, 0.15) is 52.4 Å². The van der Waals surface area contributed by atoms with Crippen LogP contribution >= 0.6 is 17.9 Å². The molecule has 7 atom stereocenters. The van der Waals surface area contributed by atoms with Gasteiger partial charge in [-0.05, 0) is 0 Å². The van der Waals surface area contributed by atoms with Gasteiger partial charge in [-0.1, -0.05) is 0 Å². The molecular formula is C14H26N2S2Sn. The standard InChI is InChI=1S/2C7H14NS.Sn/c2*1-5-2-3-7(9)6(8)4-5;/h2*5-9H,2-4H2,1H3;/q2*-1;+4/p-2/t5-,6+,7-;5-,6-,7+;/m01./s1. The first kappa shape index (κ1) is 14.0. The SMILES string of the molecule is C[C@@H]1CC[C@@H]2[S][Sn]3([NH][C@@H]2C1)[NH][C@@H]1C[C@@H](C)CC[C@@H]1[S]3. The number of hydrogen-bond donors (Lipinski definition) is 2. The average molecular weight is 405 g/mol. The van der Waals surface area contributed by atoms with E-state index < -0.39 is 16.2 Å². The molecule has 19 heavy (non-hydrogen) atoms. The summed E-state index contributed by atoms with van der Waals surface area (Å²) in [4.78, 5) is 0. The van der Waals surface area contributed by atoms with Gasteiger partial charge in [0.2, 0.25) is 0 Å². The molecule has 4 aliphatic rings. The predicted molar refractivity (Wildman–Crippen MR) is 88.4 cm³/mol. The van der Waals surface area contributed by atoms with Crippen LogP contribution in [0.25, 0.3) is 0 Å². The van der Waals surface area contributed by atoms with Gasteiger partial charge in [0, 0.05) is 0 Å². The van der Waals surface area contributed by atoms with Crippen molar-refractivity contribution in [2.24, 2.45) is 11.8 Å². The summed E-state index contributed by atoms with van der Waals surface area (Å²) in [7, 11) is 4.85. The fourth-order valence-corrected chi connectivity index (χ4v) is 37.4. The van der Waals surface area contributed by atoms with Crippen molar-refractivity contribution in [1.82, 2.24) is 7.08 Å². The van der Waals surface area contributed by atoms with Crippen LogP contribution in [-0.2, 0) is 0 Å². The molecule has 5 heteroatoms. The molecule has 1 spiro atoms. The van der Waals surface area contributed by atoms with Crippen molar-refractivity contribution in [2.45, 2.75) is 75.0 Å². The van der Waals surface area contributed by atoms with E-state index in [4.69, 9.17) is 0 Å². The number of nitrogens with one attached hydrogen (secondary N) is 2. The summed E-state index contributed by atoms with van der Waals surface area (Å²) in [5.74, 6) is 1.90. The molecule has 0 amide bonds. The summed E-state index contributed by atoms with van der Waals surface area (Å²) in [5, 5.41) is 1.90. The quantitative estimate of drug-likeness (QED) is 0.605. The zero-order valence-corrected chi connectivity index (χ0v) is 16.5. The molecule has 0 aromatic carbocycles. The van der Waals surface area contributed by atoms with Crippen LogP contribution in [0.3, 0.4) is 0 Å². The van der Waals surface area contributed by atoms with Gasteiger partial charge in [0.15, 0.2) is 0 Å². The van der Waals surface area contributed by atoms with Crippen molar-refractivity contribution >= 4 is 34.0 Å². The van der Waals surface area contributed by atoms with Gasteiger partial charge in [-0.25, -0.2) is 0 Å². The van der Waals surface area contributed by atoms with E-state index in [2.05, 4.69) is 38.8 Å². The number of hydrogen-bond acceptors (Lipinski definition) is 4. The molecule has 4 fully saturated rings. The summed E-state index contributed by atoms with van der Waals surface area (Å²) in [5.41, 5.74) is 0. The van der Waals surface area contributed by atoms with E-state index in [0.29, 0.717) is 0 Å². The number of fused-ring (bicyclic) bond motifs is 2. The summed E-state index contributed by atoms with van der Waals surface area (Å²) >= 11 is -2.28. The Morgan fingerprint density at radius 3 is 1.74 bits per heavy atom. The van der Waals surface area contributed by atoms with E-state index in [1.807, 2.05) is 0 Å². The van der Waals surface area contributed by atoms with Crippen molar-refractivity contribution < 1.29 is 0 Å². The van der Waals surface area contributed by atoms with Crippen LogP contribution in [0.2, 0.25) is 0 Å². The van der Waals surface area contributed by atoms with Gasteiger partial charge in [-0.3, -0.25) is 0 Å². The monoisotopic (exact) mass is 406 g/mol. The van der Waals surface area contributed by atoms with Gasteiger partial charge in [0.05, 0.1) is 0 Å². The van der Waals surface area contributed by atoms with Gasteiger partial charge in [-0.2, -0.15) is 0 Å². The second-order valence-electron chi connectivity index (χ2n) is 7.27. The fourth-order valence-electron chi connectivity index (χ4n) is 4.41. The summed E-state index contributed by atoms with van der Waals surface area (Å²) in [6.07, 6.45) is 8.74. The first-order valence-electron chi connectivity index (χ1n) is 8.04. The van der Waals surface area contributed by atoms with Crippen molar-refractivity contribution in [3.05, 3.63) is 0 Å². The minimum atomic E-state index is -2.28. The van der Waals surface area contributed by atoms with Crippen molar-refractivity contribution in [3.8, 4) is 0 Å². The maximum atomic E-state index is 4.19. The molecular weight excluding hydrogens is 379 g/mol. The molecule has 2 nitrogen and oxygen atoms in total. The van der Waals surface area contributed by atoms with Gasteiger partial charge in [0.25, 0.3) is 0 Å². The van der Waals surface area contributed by atoms with E-state index in [9.17, 15) is 0 Å². The second-order valence-corrected chi connectivity index (χ2v) is 28.1. The van der Waals surface area contributed by atoms with E-state index in [0.717, 1.165) is 34.4 Å². The predicted octanol–water partition coefficient (Wildman–Crippen LogP) is 3.21. The average Bonchev–Trinajstić information content (AvgIpc) is 2.87. The van der Waals surface area contributed by atoms with Crippen molar-refractivity contribution in [1.29, 1.82) is 0 Å². The molecule has 0 radical (unpaired) electrons. The van der Waals surface area contributed by atoms with Crippen molar-refractivity contribution in [3.63, 3.8) is 0 Å². The van der Waals surface area contributed by atoms with E-state index in [1.165, 1.54) is 38.5 Å². The van der Waals surface area contributed by atoms with Crippen LogP contribution in [0.15, 0.2) is 0 Å². The van der Waals surface area contributed by atoms with E-state index >= 15 is 0 Å². The Labute approximate surface area is 127 Å². The summed E-state index contributed by atoms with van der Waals surface area (Å²) in [6.45, 7) is 4.89. The topological polar surface area (TPSA) is 24.1 Å². The molecule has 2 heterocycles. The molecule has 4 rings (SSSR count). The van der Waals surface area contributed by atoms with Crippen LogP contribution in [0.5, 0.6) is 0 Å². The van der Waals surface area contributed by atoms with Crippen LogP contribution in [0, 0.1) is 11.8 Å². The molecule has 2 N–H and O–H groups in total. The summed E-state index contributed by atoms with van der Waals surface area (Å²) < 4.78 is 8.39. The van der Waals surface area contributed by atoms with Crippen LogP contribution in [-0.4, -0.2) is 38.7 Å². The Hall–Kier alpha value is 1.42. The Balaban J connectivity index is 1.48. The zero-order chi connectivity index (χ0) is 13.0. The third-order valence-corrected chi connectivity index (χ3v) is 30.1. The molecule has 0 aromatic heterocycles. The zero-order valence-electron chi connectivity index (χ0n) is 12.0. The molecule has 2 aliphatic heterocycles. The van der Waals surface area contributed by atoms with Gasteiger partial charge in [0.1, 0.15) is 0 Å². The fraction of sp³-hybridized carbons (Fsp3) is 1.00. The van der Waals surface area contributed by atoms with Crippen LogP contribution < -0.4 is 7.08 Å². The molecule has 108 valence electrons. The van der Waals surface area contributed by atoms with Gasteiger partial charge < -0.3 is 0 Å². The van der Waals surface area contributed by atoms with Crippen molar-refractivity contribution in [2.75, 3.05) is 0 Å². The first-order valence-corrected chi connectivity index (χ1v) is 19.6. The van der Waals surface area contributed by atoms with Gasteiger partial charge in [-0.15, -0.1) is 0 Å². The maximum absolute atomic E-state index is 4.19. The molecule has 0 bridgehead atoms. The van der Waals surface area contributed by atoms with Crippen LogP contribution in [0.4, 0.5) is 0 Å². The number of rotatable bonds is 0. The molecule has 2 saturated carbocycles. The minimum absolute atomic E-state index is 0.849.